The molecule has 0 aliphatic heterocycles. The van der Waals surface area contributed by atoms with E-state index in [2.05, 4.69) is 82.1 Å². The van der Waals surface area contributed by atoms with Crippen molar-refractivity contribution in [3.05, 3.63) is 63.5 Å². The average molecular weight is 566 g/mol. The molecule has 5 heteroatoms. The second-order valence-electron chi connectivity index (χ2n) is 8.68. The van der Waals surface area contributed by atoms with Crippen molar-refractivity contribution in [3.8, 4) is 5.75 Å². The van der Waals surface area contributed by atoms with Gasteiger partial charge in [-0.2, -0.15) is 0 Å². The number of rotatable bonds is 7. The fraction of sp³-hybridized carbons (Fsp3) is 0.286. The lowest BCUT2D eigenvalue weighted by Crippen LogP contribution is -2.11. The zero-order valence-corrected chi connectivity index (χ0v) is 22.0. The van der Waals surface area contributed by atoms with Crippen LogP contribution in [0.3, 0.4) is 0 Å². The third-order valence-corrected chi connectivity index (χ3v) is 7.41. The van der Waals surface area contributed by atoms with Crippen LogP contribution in [0.5, 0.6) is 5.75 Å². The van der Waals surface area contributed by atoms with Gasteiger partial charge in [-0.1, -0.05) is 77.1 Å². The van der Waals surface area contributed by atoms with E-state index in [1.807, 2.05) is 18.2 Å². The predicted molar refractivity (Wildman–Crippen MR) is 146 cm³/mol. The number of ether oxygens (including phenoxy) is 1. The lowest BCUT2D eigenvalue weighted by Gasteiger charge is -2.16. The molecule has 33 heavy (non-hydrogen) atoms. The number of hydrogen-bond acceptors (Lipinski definition) is 3. The quantitative estimate of drug-likeness (QED) is 0.146. The first kappa shape index (κ1) is 22.5. The Bertz CT molecular complexity index is 1480. The highest BCUT2D eigenvalue weighted by molar-refractivity contribution is 9.10. The fourth-order valence-electron chi connectivity index (χ4n) is 4.51. The summed E-state index contributed by atoms with van der Waals surface area (Å²) in [5, 5.41) is 4.56. The topological polar surface area (TPSA) is 35.0 Å². The third kappa shape index (κ3) is 4.45. The van der Waals surface area contributed by atoms with E-state index in [9.17, 15) is 0 Å². The molecule has 1 atom stereocenters. The van der Waals surface area contributed by atoms with Gasteiger partial charge in [-0.15, -0.1) is 0 Å². The van der Waals surface area contributed by atoms with Gasteiger partial charge >= 0.3 is 0 Å². The van der Waals surface area contributed by atoms with Gasteiger partial charge < -0.3 is 4.74 Å². The van der Waals surface area contributed by atoms with Crippen molar-refractivity contribution in [1.82, 2.24) is 9.97 Å². The lowest BCUT2D eigenvalue weighted by atomic mass is 9.99. The van der Waals surface area contributed by atoms with Gasteiger partial charge in [0.1, 0.15) is 5.75 Å². The summed E-state index contributed by atoms with van der Waals surface area (Å²) in [6.45, 7) is 5.23. The second-order valence-corrected chi connectivity index (χ2v) is 10.5. The normalized spacial score (nSPS) is 12.7. The first-order valence-electron chi connectivity index (χ1n) is 11.6. The average Bonchev–Trinajstić information content (AvgIpc) is 2.83. The van der Waals surface area contributed by atoms with Gasteiger partial charge in [-0.05, 0) is 59.5 Å². The Morgan fingerprint density at radius 1 is 0.758 bits per heavy atom. The van der Waals surface area contributed by atoms with E-state index in [0.29, 0.717) is 5.92 Å². The minimum Gasteiger partial charge on any atom is -0.493 e. The van der Waals surface area contributed by atoms with Crippen molar-refractivity contribution in [1.29, 1.82) is 0 Å². The Morgan fingerprint density at radius 3 is 2.00 bits per heavy atom. The summed E-state index contributed by atoms with van der Waals surface area (Å²) in [4.78, 5) is 10.2. The van der Waals surface area contributed by atoms with Crippen molar-refractivity contribution >= 4 is 75.5 Å². The van der Waals surface area contributed by atoms with Crippen LogP contribution in [0.2, 0.25) is 0 Å². The smallest absolute Gasteiger partial charge is 0.121 e. The molecule has 5 aromatic rings. The molecule has 1 heterocycles. The highest BCUT2D eigenvalue weighted by Crippen LogP contribution is 2.37. The minimum atomic E-state index is 0.592. The first-order valence-corrected chi connectivity index (χ1v) is 13.2. The summed E-state index contributed by atoms with van der Waals surface area (Å²) >= 11 is 7.27. The number of unbranched alkanes of at least 4 members (excludes halogenated alkanes) is 1. The summed E-state index contributed by atoms with van der Waals surface area (Å²) in [7, 11) is 0. The SMILES string of the molecule is CCCCC(CC)COc1ccc2nc3c4cc(Br)ccc4c4ccc(Br)cc4c3nc2c1. The molecule has 1 unspecified atom stereocenters. The molecule has 0 spiro atoms. The zero-order chi connectivity index (χ0) is 22.9. The molecule has 0 aliphatic rings. The van der Waals surface area contributed by atoms with Crippen molar-refractivity contribution in [2.45, 2.75) is 39.5 Å². The van der Waals surface area contributed by atoms with Crippen LogP contribution in [0.25, 0.3) is 43.6 Å². The van der Waals surface area contributed by atoms with E-state index >= 15 is 0 Å². The molecule has 1 aromatic heterocycles. The van der Waals surface area contributed by atoms with Crippen LogP contribution in [0.4, 0.5) is 0 Å². The van der Waals surface area contributed by atoms with Crippen molar-refractivity contribution < 1.29 is 4.74 Å². The van der Waals surface area contributed by atoms with Crippen LogP contribution in [0.1, 0.15) is 39.5 Å². The van der Waals surface area contributed by atoms with Crippen molar-refractivity contribution in [2.24, 2.45) is 5.92 Å². The van der Waals surface area contributed by atoms with Crippen LogP contribution < -0.4 is 4.74 Å². The van der Waals surface area contributed by atoms with E-state index in [1.165, 1.54) is 30.0 Å². The Kier molecular flexibility index (Phi) is 6.53. The Hall–Kier alpha value is -2.24. The second kappa shape index (κ2) is 9.55. The van der Waals surface area contributed by atoms with Crippen LogP contribution >= 0.6 is 31.9 Å². The molecule has 0 aliphatic carbocycles. The molecule has 0 amide bonds. The Morgan fingerprint density at radius 2 is 1.39 bits per heavy atom. The van der Waals surface area contributed by atoms with Crippen molar-refractivity contribution in [2.75, 3.05) is 6.61 Å². The van der Waals surface area contributed by atoms with Crippen LogP contribution in [-0.4, -0.2) is 16.6 Å². The zero-order valence-electron chi connectivity index (χ0n) is 18.9. The largest absolute Gasteiger partial charge is 0.493 e. The van der Waals surface area contributed by atoms with Gasteiger partial charge in [0.15, 0.2) is 0 Å². The maximum atomic E-state index is 6.19. The Balaban J connectivity index is 1.65. The molecular formula is C28H26Br2N2O. The minimum absolute atomic E-state index is 0.592. The van der Waals surface area contributed by atoms with Crippen LogP contribution in [0.15, 0.2) is 63.5 Å². The van der Waals surface area contributed by atoms with E-state index in [4.69, 9.17) is 14.7 Å². The monoisotopic (exact) mass is 564 g/mol. The third-order valence-electron chi connectivity index (χ3n) is 6.43. The summed E-state index contributed by atoms with van der Waals surface area (Å²) in [6.07, 6.45) is 4.84. The molecule has 0 saturated heterocycles. The van der Waals surface area contributed by atoms with Crippen molar-refractivity contribution in [3.63, 3.8) is 0 Å². The van der Waals surface area contributed by atoms with E-state index in [-0.39, 0.29) is 0 Å². The highest BCUT2D eigenvalue weighted by atomic mass is 79.9. The number of halogens is 2. The number of hydrogen-bond donors (Lipinski definition) is 0. The molecule has 0 N–H and O–H groups in total. The molecule has 0 fully saturated rings. The van der Waals surface area contributed by atoms with Crippen LogP contribution in [0, 0.1) is 5.92 Å². The maximum absolute atomic E-state index is 6.19. The van der Waals surface area contributed by atoms with Gasteiger partial charge in [0.2, 0.25) is 0 Å². The van der Waals surface area contributed by atoms with Gasteiger partial charge in [0.05, 0.1) is 28.7 Å². The van der Waals surface area contributed by atoms with E-state index in [1.54, 1.807) is 0 Å². The van der Waals surface area contributed by atoms with Gasteiger partial charge in [0, 0.05) is 25.8 Å². The first-order chi connectivity index (χ1) is 16.1. The van der Waals surface area contributed by atoms with E-state index < -0.39 is 0 Å². The molecule has 3 nitrogen and oxygen atoms in total. The summed E-state index contributed by atoms with van der Waals surface area (Å²) < 4.78 is 8.25. The number of fused-ring (bicyclic) bond motifs is 7. The van der Waals surface area contributed by atoms with E-state index in [0.717, 1.165) is 60.6 Å². The number of aromatic nitrogens is 2. The number of nitrogens with zero attached hydrogens (tertiary/aromatic N) is 2. The molecule has 4 aromatic carbocycles. The van der Waals surface area contributed by atoms with Gasteiger partial charge in [-0.25, -0.2) is 9.97 Å². The molecule has 168 valence electrons. The van der Waals surface area contributed by atoms with Crippen LogP contribution in [-0.2, 0) is 0 Å². The summed E-state index contributed by atoms with van der Waals surface area (Å²) in [6, 6.07) is 18.8. The Labute approximate surface area is 210 Å². The van der Waals surface area contributed by atoms with Gasteiger partial charge in [0.25, 0.3) is 0 Å². The molecule has 0 radical (unpaired) electrons. The summed E-state index contributed by atoms with van der Waals surface area (Å²) in [5.41, 5.74) is 3.57. The fourth-order valence-corrected chi connectivity index (χ4v) is 5.23. The number of benzene rings is 4. The summed E-state index contributed by atoms with van der Waals surface area (Å²) in [5.74, 6) is 1.45. The molecule has 5 rings (SSSR count). The molecule has 0 saturated carbocycles. The highest BCUT2D eigenvalue weighted by Gasteiger charge is 2.14. The maximum Gasteiger partial charge on any atom is 0.121 e. The predicted octanol–water partition coefficient (Wildman–Crippen LogP) is 9.21. The van der Waals surface area contributed by atoms with Gasteiger partial charge in [-0.3, -0.25) is 0 Å². The lowest BCUT2D eigenvalue weighted by molar-refractivity contribution is 0.233. The standard InChI is InChI=1S/C28H26Br2N2O/c1-3-5-6-17(4-2)16-33-20-9-12-25-26(15-20)32-28-24-14-19(30)8-11-22(24)21-10-7-18(29)13-23(21)27(28)31-25/h7-15,17H,3-6,16H2,1-2H3. The molecule has 0 bridgehead atoms. The molecular weight excluding hydrogens is 540 g/mol.